The first kappa shape index (κ1) is 21.5. The minimum Gasteiger partial charge on any atom is -0.480 e. The Morgan fingerprint density at radius 3 is 2.30 bits per heavy atom. The Balaban J connectivity index is 1.62. The smallest absolute Gasteiger partial charge is 0.326 e. The highest BCUT2D eigenvalue weighted by molar-refractivity contribution is 7.15. The van der Waals surface area contributed by atoms with Gasteiger partial charge in [-0.3, -0.25) is 4.79 Å². The lowest BCUT2D eigenvalue weighted by Gasteiger charge is -2.17. The summed E-state index contributed by atoms with van der Waals surface area (Å²) in [7, 11) is 1.99. The summed E-state index contributed by atoms with van der Waals surface area (Å²) in [6.07, 6.45) is 0.234. The number of thiazole rings is 1. The Labute approximate surface area is 180 Å². The van der Waals surface area contributed by atoms with Gasteiger partial charge < -0.3 is 15.3 Å². The van der Waals surface area contributed by atoms with Crippen molar-refractivity contribution in [2.45, 2.75) is 32.9 Å². The highest BCUT2D eigenvalue weighted by Crippen LogP contribution is 2.25. The molecule has 30 heavy (non-hydrogen) atoms. The third-order valence-corrected chi connectivity index (χ3v) is 6.05. The number of nitrogens with zero attached hydrogens (tertiary/aromatic N) is 2. The van der Waals surface area contributed by atoms with Crippen LogP contribution in [0.4, 0.5) is 5.13 Å². The van der Waals surface area contributed by atoms with Crippen LogP contribution in [0.15, 0.2) is 54.6 Å². The van der Waals surface area contributed by atoms with Crippen molar-refractivity contribution in [3.8, 4) is 0 Å². The minimum absolute atomic E-state index is 0.234. The topological polar surface area (TPSA) is 82.5 Å². The normalized spacial score (nSPS) is 11.7. The molecule has 0 saturated heterocycles. The van der Waals surface area contributed by atoms with E-state index in [4.69, 9.17) is 0 Å². The fourth-order valence-electron chi connectivity index (χ4n) is 3.01. The Morgan fingerprint density at radius 1 is 1.07 bits per heavy atom. The van der Waals surface area contributed by atoms with Gasteiger partial charge in [0, 0.05) is 30.5 Å². The first-order chi connectivity index (χ1) is 14.3. The predicted molar refractivity (Wildman–Crippen MR) is 119 cm³/mol. The van der Waals surface area contributed by atoms with Gasteiger partial charge >= 0.3 is 5.97 Å². The molecule has 0 saturated carbocycles. The number of carboxylic acid groups (broad SMARTS) is 1. The van der Waals surface area contributed by atoms with Crippen LogP contribution < -0.4 is 10.2 Å². The summed E-state index contributed by atoms with van der Waals surface area (Å²) >= 11 is 1.65. The molecular weight excluding hydrogens is 398 g/mol. The fourth-order valence-corrected chi connectivity index (χ4v) is 3.88. The van der Waals surface area contributed by atoms with Crippen LogP contribution >= 0.6 is 11.3 Å². The second-order valence-electron chi connectivity index (χ2n) is 7.25. The summed E-state index contributed by atoms with van der Waals surface area (Å²) in [5.74, 6) is -1.45. The van der Waals surface area contributed by atoms with Crippen molar-refractivity contribution in [2.24, 2.45) is 0 Å². The number of amides is 1. The molecule has 1 aromatic heterocycles. The van der Waals surface area contributed by atoms with Gasteiger partial charge in [-0.15, -0.1) is 11.3 Å². The maximum absolute atomic E-state index is 12.6. The van der Waals surface area contributed by atoms with Gasteiger partial charge in [-0.2, -0.15) is 0 Å². The molecule has 7 heteroatoms. The number of aromatic nitrogens is 1. The lowest BCUT2D eigenvalue weighted by molar-refractivity contribution is -0.139. The molecule has 0 aliphatic carbocycles. The van der Waals surface area contributed by atoms with E-state index in [9.17, 15) is 14.7 Å². The van der Waals surface area contributed by atoms with Gasteiger partial charge in [-0.25, -0.2) is 9.78 Å². The van der Waals surface area contributed by atoms with E-state index in [1.807, 2.05) is 56.4 Å². The standard InChI is InChI=1S/C23H25N3O3S/c1-15-16(2)30-23(24-15)26(3)14-18-9-11-19(12-10-18)21(27)25-20(22(28)29)13-17-7-5-4-6-8-17/h4-12,20H,13-14H2,1-3H3,(H,25,27)(H,28,29). The fraction of sp³-hybridized carbons (Fsp3) is 0.261. The minimum atomic E-state index is -1.06. The van der Waals surface area contributed by atoms with E-state index in [1.54, 1.807) is 23.5 Å². The average molecular weight is 424 g/mol. The van der Waals surface area contributed by atoms with Crippen LogP contribution in [-0.4, -0.2) is 35.1 Å². The molecule has 2 aromatic carbocycles. The van der Waals surface area contributed by atoms with Gasteiger partial charge in [0.1, 0.15) is 6.04 Å². The molecule has 1 unspecified atom stereocenters. The Bertz CT molecular complexity index is 996. The number of hydrogen-bond donors (Lipinski definition) is 2. The summed E-state index contributed by atoms with van der Waals surface area (Å²) in [4.78, 5) is 32.0. The van der Waals surface area contributed by atoms with Crippen LogP contribution in [0.5, 0.6) is 0 Å². The van der Waals surface area contributed by atoms with E-state index in [0.717, 1.165) is 22.0 Å². The predicted octanol–water partition coefficient (Wildman–Crippen LogP) is 3.82. The molecule has 0 aliphatic heterocycles. The molecular formula is C23H25N3O3S. The van der Waals surface area contributed by atoms with Crippen LogP contribution in [0, 0.1) is 13.8 Å². The number of carbonyl (C=O) groups excluding carboxylic acids is 1. The molecule has 6 nitrogen and oxygen atoms in total. The van der Waals surface area contributed by atoms with Crippen LogP contribution in [0.1, 0.15) is 32.1 Å². The molecule has 0 fully saturated rings. The third kappa shape index (κ3) is 5.45. The van der Waals surface area contributed by atoms with E-state index in [2.05, 4.69) is 22.1 Å². The zero-order chi connectivity index (χ0) is 21.7. The monoisotopic (exact) mass is 423 g/mol. The Hall–Kier alpha value is -3.19. The van der Waals surface area contributed by atoms with Gasteiger partial charge in [0.2, 0.25) is 0 Å². The summed E-state index contributed by atoms with van der Waals surface area (Å²) in [5.41, 5.74) is 3.37. The van der Waals surface area contributed by atoms with Crippen molar-refractivity contribution < 1.29 is 14.7 Å². The lowest BCUT2D eigenvalue weighted by atomic mass is 10.1. The van der Waals surface area contributed by atoms with Gasteiger partial charge in [0.15, 0.2) is 5.13 Å². The number of nitrogens with one attached hydrogen (secondary N) is 1. The molecule has 1 atom stereocenters. The molecule has 3 rings (SSSR count). The van der Waals surface area contributed by atoms with Crippen LogP contribution in [0.25, 0.3) is 0 Å². The first-order valence-electron chi connectivity index (χ1n) is 9.65. The number of carboxylic acids is 1. The number of aliphatic carboxylic acids is 1. The highest BCUT2D eigenvalue weighted by Gasteiger charge is 2.21. The number of anilines is 1. The van der Waals surface area contributed by atoms with E-state index < -0.39 is 17.9 Å². The number of aryl methyl sites for hydroxylation is 2. The van der Waals surface area contributed by atoms with E-state index >= 15 is 0 Å². The number of hydrogen-bond acceptors (Lipinski definition) is 5. The van der Waals surface area contributed by atoms with Crippen molar-refractivity contribution in [3.05, 3.63) is 81.9 Å². The highest BCUT2D eigenvalue weighted by atomic mass is 32.1. The zero-order valence-electron chi connectivity index (χ0n) is 17.3. The van der Waals surface area contributed by atoms with Crippen molar-refractivity contribution >= 4 is 28.3 Å². The molecule has 0 bridgehead atoms. The molecule has 0 spiro atoms. The van der Waals surface area contributed by atoms with Crippen molar-refractivity contribution in [1.29, 1.82) is 0 Å². The molecule has 156 valence electrons. The molecule has 1 heterocycles. The molecule has 0 aliphatic rings. The number of benzene rings is 2. The average Bonchev–Trinajstić information content (AvgIpc) is 3.07. The largest absolute Gasteiger partial charge is 0.480 e. The molecule has 0 radical (unpaired) electrons. The SMILES string of the molecule is Cc1nc(N(C)Cc2ccc(C(=O)NC(Cc3ccccc3)C(=O)O)cc2)sc1C. The molecule has 3 aromatic rings. The molecule has 1 amide bonds. The van der Waals surface area contributed by atoms with E-state index in [-0.39, 0.29) is 6.42 Å². The van der Waals surface area contributed by atoms with Crippen molar-refractivity contribution in [2.75, 3.05) is 11.9 Å². The second kappa shape index (κ2) is 9.54. The van der Waals surface area contributed by atoms with Gasteiger partial charge in [0.05, 0.1) is 5.69 Å². The van der Waals surface area contributed by atoms with Gasteiger partial charge in [-0.05, 0) is 37.1 Å². The van der Waals surface area contributed by atoms with Crippen molar-refractivity contribution in [3.63, 3.8) is 0 Å². The van der Waals surface area contributed by atoms with Crippen LogP contribution in [0.2, 0.25) is 0 Å². The summed E-state index contributed by atoms with van der Waals surface area (Å²) in [6, 6.07) is 15.5. The number of rotatable bonds is 8. The maximum Gasteiger partial charge on any atom is 0.326 e. The van der Waals surface area contributed by atoms with Crippen LogP contribution in [-0.2, 0) is 17.8 Å². The first-order valence-corrected chi connectivity index (χ1v) is 10.5. The third-order valence-electron chi connectivity index (χ3n) is 4.87. The quantitative estimate of drug-likeness (QED) is 0.576. The van der Waals surface area contributed by atoms with Crippen LogP contribution in [0.3, 0.4) is 0 Å². The summed E-state index contributed by atoms with van der Waals surface area (Å²) in [6.45, 7) is 4.72. The summed E-state index contributed by atoms with van der Waals surface area (Å²) < 4.78 is 0. The lowest BCUT2D eigenvalue weighted by Crippen LogP contribution is -2.42. The maximum atomic E-state index is 12.6. The van der Waals surface area contributed by atoms with E-state index in [0.29, 0.717) is 12.1 Å². The number of carbonyl (C=O) groups is 2. The van der Waals surface area contributed by atoms with Gasteiger partial charge in [0.25, 0.3) is 5.91 Å². The zero-order valence-corrected chi connectivity index (χ0v) is 18.1. The van der Waals surface area contributed by atoms with Crippen molar-refractivity contribution in [1.82, 2.24) is 10.3 Å². The van der Waals surface area contributed by atoms with Gasteiger partial charge in [-0.1, -0.05) is 42.5 Å². The Kier molecular flexibility index (Phi) is 6.84. The Morgan fingerprint density at radius 2 is 1.73 bits per heavy atom. The second-order valence-corrected chi connectivity index (χ2v) is 8.43. The van der Waals surface area contributed by atoms with E-state index in [1.165, 1.54) is 4.88 Å². The molecule has 2 N–H and O–H groups in total. The summed E-state index contributed by atoms with van der Waals surface area (Å²) in [5, 5.41) is 13.1.